The molecule has 6 heteroatoms. The summed E-state index contributed by atoms with van der Waals surface area (Å²) in [5.41, 5.74) is 1.10. The second-order valence-corrected chi connectivity index (χ2v) is 6.52. The molecule has 6 nitrogen and oxygen atoms in total. The number of fused-ring (bicyclic) bond motifs is 1. The summed E-state index contributed by atoms with van der Waals surface area (Å²) in [6, 6.07) is 7.39. The van der Waals surface area contributed by atoms with E-state index in [1.165, 1.54) is 0 Å². The van der Waals surface area contributed by atoms with Gasteiger partial charge in [0.2, 0.25) is 11.7 Å². The molecule has 1 aromatic heterocycles. The quantitative estimate of drug-likeness (QED) is 0.940. The van der Waals surface area contributed by atoms with Crippen molar-refractivity contribution in [3.05, 3.63) is 30.0 Å². The van der Waals surface area contributed by atoms with E-state index in [2.05, 4.69) is 12.2 Å². The van der Waals surface area contributed by atoms with E-state index in [4.69, 9.17) is 9.15 Å². The highest BCUT2D eigenvalue weighted by Gasteiger charge is 2.40. The van der Waals surface area contributed by atoms with Crippen molar-refractivity contribution in [2.24, 2.45) is 11.8 Å². The first-order chi connectivity index (χ1) is 11.6. The fourth-order valence-electron chi connectivity index (χ4n) is 3.13. The first-order valence-electron chi connectivity index (χ1n) is 8.34. The average molecular weight is 328 g/mol. The number of carbonyl (C=O) groups is 2. The summed E-state index contributed by atoms with van der Waals surface area (Å²) < 4.78 is 11.1. The Bertz CT molecular complexity index is 791. The third-order valence-corrected chi connectivity index (χ3v) is 4.78. The topological polar surface area (TPSA) is 71.8 Å². The third-order valence-electron chi connectivity index (χ3n) is 4.78. The standard InChI is InChI=1S/C18H20N2O4/c1-11-10-13(11)17(21)19-15-12-4-2-3-5-14(12)24-16(15)18(22)20-6-8-23-9-7-20/h2-5,11,13H,6-10H2,1H3,(H,19,21)/t11-,13+/m1/s1. The zero-order valence-corrected chi connectivity index (χ0v) is 13.6. The van der Waals surface area contributed by atoms with Crippen molar-refractivity contribution in [3.63, 3.8) is 0 Å². The predicted octanol–water partition coefficient (Wildman–Crippen LogP) is 2.50. The molecule has 2 aliphatic rings. The number of nitrogens with one attached hydrogen (secondary N) is 1. The van der Waals surface area contributed by atoms with E-state index in [0.717, 1.165) is 11.8 Å². The van der Waals surface area contributed by atoms with Crippen LogP contribution < -0.4 is 5.32 Å². The number of anilines is 1. The van der Waals surface area contributed by atoms with E-state index in [-0.39, 0.29) is 23.5 Å². The molecular formula is C18H20N2O4. The van der Waals surface area contributed by atoms with Crippen LogP contribution in [0, 0.1) is 11.8 Å². The molecule has 2 fully saturated rings. The normalized spacial score (nSPS) is 23.3. The van der Waals surface area contributed by atoms with Crippen LogP contribution in [0.4, 0.5) is 5.69 Å². The summed E-state index contributed by atoms with van der Waals surface area (Å²) in [5.74, 6) is 0.407. The summed E-state index contributed by atoms with van der Waals surface area (Å²) in [6.45, 7) is 4.16. The first kappa shape index (κ1) is 15.2. The minimum atomic E-state index is -0.200. The summed E-state index contributed by atoms with van der Waals surface area (Å²) in [6.07, 6.45) is 0.897. The molecule has 2 aromatic rings. The van der Waals surface area contributed by atoms with E-state index in [9.17, 15) is 9.59 Å². The monoisotopic (exact) mass is 328 g/mol. The molecule has 1 aliphatic carbocycles. The highest BCUT2D eigenvalue weighted by Crippen LogP contribution is 2.40. The second kappa shape index (κ2) is 5.94. The molecule has 24 heavy (non-hydrogen) atoms. The number of carbonyl (C=O) groups excluding carboxylic acids is 2. The van der Waals surface area contributed by atoms with Crippen molar-refractivity contribution < 1.29 is 18.7 Å². The Labute approximate surface area is 139 Å². The smallest absolute Gasteiger partial charge is 0.291 e. The molecule has 1 saturated heterocycles. The van der Waals surface area contributed by atoms with Crippen LogP contribution >= 0.6 is 0 Å². The molecule has 0 radical (unpaired) electrons. The van der Waals surface area contributed by atoms with Gasteiger partial charge in [-0.2, -0.15) is 0 Å². The molecule has 2 atom stereocenters. The Morgan fingerprint density at radius 3 is 2.62 bits per heavy atom. The van der Waals surface area contributed by atoms with Crippen molar-refractivity contribution in [3.8, 4) is 0 Å². The maximum Gasteiger partial charge on any atom is 0.291 e. The molecule has 1 saturated carbocycles. The molecule has 2 amide bonds. The lowest BCUT2D eigenvalue weighted by Crippen LogP contribution is -2.40. The lowest BCUT2D eigenvalue weighted by atomic mass is 10.2. The number of morpholine rings is 1. The number of ether oxygens (including phenoxy) is 1. The fraction of sp³-hybridized carbons (Fsp3) is 0.444. The summed E-state index contributed by atoms with van der Waals surface area (Å²) in [5, 5.41) is 3.69. The van der Waals surface area contributed by atoms with Crippen LogP contribution in [0.1, 0.15) is 23.9 Å². The van der Waals surface area contributed by atoms with Gasteiger partial charge < -0.3 is 19.4 Å². The van der Waals surface area contributed by atoms with Gasteiger partial charge in [0, 0.05) is 24.4 Å². The largest absolute Gasteiger partial charge is 0.449 e. The Hall–Kier alpha value is -2.34. The van der Waals surface area contributed by atoms with Gasteiger partial charge >= 0.3 is 0 Å². The number of nitrogens with zero attached hydrogens (tertiary/aromatic N) is 1. The molecule has 2 heterocycles. The van der Waals surface area contributed by atoms with Gasteiger partial charge in [0.1, 0.15) is 11.3 Å². The highest BCUT2D eigenvalue weighted by atomic mass is 16.5. The van der Waals surface area contributed by atoms with E-state index >= 15 is 0 Å². The maximum atomic E-state index is 12.8. The number of furan rings is 1. The molecule has 1 aliphatic heterocycles. The number of para-hydroxylation sites is 1. The van der Waals surface area contributed by atoms with E-state index in [1.807, 2.05) is 18.2 Å². The molecule has 4 rings (SSSR count). The van der Waals surface area contributed by atoms with E-state index in [1.54, 1.807) is 11.0 Å². The third kappa shape index (κ3) is 2.67. The van der Waals surface area contributed by atoms with Crippen LogP contribution in [-0.2, 0) is 9.53 Å². The second-order valence-electron chi connectivity index (χ2n) is 6.52. The van der Waals surface area contributed by atoms with Gasteiger partial charge in [0.25, 0.3) is 5.91 Å². The van der Waals surface area contributed by atoms with Gasteiger partial charge in [-0.1, -0.05) is 19.1 Å². The van der Waals surface area contributed by atoms with Crippen LogP contribution in [-0.4, -0.2) is 43.0 Å². The average Bonchev–Trinajstić information content (AvgIpc) is 3.24. The minimum absolute atomic E-state index is 0.0324. The fourth-order valence-corrected chi connectivity index (χ4v) is 3.13. The maximum absolute atomic E-state index is 12.8. The number of amides is 2. The Balaban J connectivity index is 1.69. The minimum Gasteiger partial charge on any atom is -0.449 e. The molecule has 0 bridgehead atoms. The zero-order valence-electron chi connectivity index (χ0n) is 13.6. The Morgan fingerprint density at radius 1 is 1.21 bits per heavy atom. The van der Waals surface area contributed by atoms with Gasteiger partial charge in [0.05, 0.1) is 13.2 Å². The number of rotatable bonds is 3. The zero-order chi connectivity index (χ0) is 16.7. The van der Waals surface area contributed by atoms with Gasteiger partial charge in [-0.25, -0.2) is 0 Å². The van der Waals surface area contributed by atoms with Crippen molar-refractivity contribution in [2.45, 2.75) is 13.3 Å². The lowest BCUT2D eigenvalue weighted by molar-refractivity contribution is -0.117. The van der Waals surface area contributed by atoms with Crippen molar-refractivity contribution in [1.29, 1.82) is 0 Å². The summed E-state index contributed by atoms with van der Waals surface area (Å²) >= 11 is 0. The highest BCUT2D eigenvalue weighted by molar-refractivity contribution is 6.11. The van der Waals surface area contributed by atoms with Crippen molar-refractivity contribution >= 4 is 28.5 Å². The van der Waals surface area contributed by atoms with Gasteiger partial charge in [0.15, 0.2) is 0 Å². The van der Waals surface area contributed by atoms with Crippen LogP contribution in [0.3, 0.4) is 0 Å². The van der Waals surface area contributed by atoms with Crippen LogP contribution in [0.2, 0.25) is 0 Å². The first-order valence-corrected chi connectivity index (χ1v) is 8.34. The predicted molar refractivity (Wildman–Crippen MR) is 88.8 cm³/mol. The molecule has 0 unspecified atom stereocenters. The number of hydrogen-bond acceptors (Lipinski definition) is 4. The molecule has 1 N–H and O–H groups in total. The summed E-state index contributed by atoms with van der Waals surface area (Å²) in [4.78, 5) is 26.9. The van der Waals surface area contributed by atoms with Crippen LogP contribution in [0.15, 0.2) is 28.7 Å². The van der Waals surface area contributed by atoms with E-state index < -0.39 is 0 Å². The summed E-state index contributed by atoms with van der Waals surface area (Å²) in [7, 11) is 0. The van der Waals surface area contributed by atoms with Crippen LogP contribution in [0.25, 0.3) is 11.0 Å². The van der Waals surface area contributed by atoms with Crippen LogP contribution in [0.5, 0.6) is 0 Å². The lowest BCUT2D eigenvalue weighted by Gasteiger charge is -2.26. The van der Waals surface area contributed by atoms with Gasteiger partial charge in [-0.15, -0.1) is 0 Å². The molecule has 1 aromatic carbocycles. The SMILES string of the molecule is C[C@@H]1C[C@@H]1C(=O)Nc1c(C(=O)N2CCOCC2)oc2ccccc12. The number of hydrogen-bond donors (Lipinski definition) is 1. The molecular weight excluding hydrogens is 308 g/mol. The van der Waals surface area contributed by atoms with Crippen molar-refractivity contribution in [2.75, 3.05) is 31.6 Å². The molecule has 126 valence electrons. The van der Waals surface area contributed by atoms with Crippen molar-refractivity contribution in [1.82, 2.24) is 4.90 Å². The van der Waals surface area contributed by atoms with E-state index in [0.29, 0.717) is 43.5 Å². The number of benzene rings is 1. The van der Waals surface area contributed by atoms with Gasteiger partial charge in [-0.3, -0.25) is 9.59 Å². The Morgan fingerprint density at radius 2 is 1.92 bits per heavy atom. The molecule has 0 spiro atoms. The van der Waals surface area contributed by atoms with Gasteiger partial charge in [-0.05, 0) is 24.5 Å². The Kier molecular flexibility index (Phi) is 3.76.